The molecule has 31 heavy (non-hydrogen) atoms. The maximum Gasteiger partial charge on any atom is 0.244 e. The van der Waals surface area contributed by atoms with Gasteiger partial charge in [-0.3, -0.25) is 9.10 Å². The van der Waals surface area contributed by atoms with Gasteiger partial charge in [-0.1, -0.05) is 77.9 Å². The fraction of sp³-hybridized carbons (Fsp3) is 0.240. The van der Waals surface area contributed by atoms with Crippen molar-refractivity contribution in [2.24, 2.45) is 0 Å². The number of nitrogens with zero attached hydrogens (tertiary/aromatic N) is 1. The molecule has 3 rings (SSSR count). The molecule has 0 radical (unpaired) electrons. The first-order chi connectivity index (χ1) is 14.7. The highest BCUT2D eigenvalue weighted by atomic mass is 32.2. The van der Waals surface area contributed by atoms with Crippen molar-refractivity contribution in [3.63, 3.8) is 0 Å². The molecule has 1 amide bonds. The number of anilines is 1. The van der Waals surface area contributed by atoms with E-state index in [4.69, 9.17) is 0 Å². The second-order valence-electron chi connectivity index (χ2n) is 7.83. The molecule has 0 aromatic heterocycles. The summed E-state index contributed by atoms with van der Waals surface area (Å²) in [6.45, 7) is 5.54. The molecule has 2 atom stereocenters. The third kappa shape index (κ3) is 5.52. The smallest absolute Gasteiger partial charge is 0.244 e. The average Bonchev–Trinajstić information content (AvgIpc) is 2.74. The molecule has 162 valence electrons. The van der Waals surface area contributed by atoms with Gasteiger partial charge in [0.25, 0.3) is 0 Å². The average molecular weight is 437 g/mol. The van der Waals surface area contributed by atoms with Gasteiger partial charge in [0.05, 0.1) is 18.0 Å². The number of rotatable bonds is 7. The van der Waals surface area contributed by atoms with Crippen LogP contribution in [-0.2, 0) is 14.8 Å². The van der Waals surface area contributed by atoms with Crippen molar-refractivity contribution in [2.75, 3.05) is 10.6 Å². The molecule has 0 saturated carbocycles. The molecule has 0 spiro atoms. The number of hydrogen-bond acceptors (Lipinski definition) is 3. The molecule has 0 aliphatic rings. The van der Waals surface area contributed by atoms with E-state index in [0.717, 1.165) is 28.5 Å². The van der Waals surface area contributed by atoms with Crippen molar-refractivity contribution < 1.29 is 13.2 Å². The fourth-order valence-electron chi connectivity index (χ4n) is 3.53. The van der Waals surface area contributed by atoms with Gasteiger partial charge in [-0.05, 0) is 44.0 Å². The van der Waals surface area contributed by atoms with Crippen LogP contribution in [-0.4, -0.2) is 26.6 Å². The van der Waals surface area contributed by atoms with E-state index in [1.165, 1.54) is 4.31 Å². The lowest BCUT2D eigenvalue weighted by molar-refractivity contribution is -0.122. The molecular weight excluding hydrogens is 408 g/mol. The molecular formula is C25H28N2O3S. The summed E-state index contributed by atoms with van der Waals surface area (Å²) in [6, 6.07) is 23.4. The van der Waals surface area contributed by atoms with Gasteiger partial charge in [0, 0.05) is 0 Å². The first kappa shape index (κ1) is 22.6. The Balaban J connectivity index is 1.94. The lowest BCUT2D eigenvalue weighted by atomic mass is 9.97. The van der Waals surface area contributed by atoms with E-state index < -0.39 is 22.1 Å². The summed E-state index contributed by atoms with van der Waals surface area (Å²) in [5, 5.41) is 3.06. The van der Waals surface area contributed by atoms with Crippen molar-refractivity contribution in [2.45, 2.75) is 32.9 Å². The van der Waals surface area contributed by atoms with Crippen molar-refractivity contribution in [3.8, 4) is 0 Å². The van der Waals surface area contributed by atoms with Gasteiger partial charge in [-0.2, -0.15) is 0 Å². The van der Waals surface area contributed by atoms with E-state index in [9.17, 15) is 13.2 Å². The summed E-state index contributed by atoms with van der Waals surface area (Å²) >= 11 is 0. The second kappa shape index (κ2) is 9.35. The fourth-order valence-corrected chi connectivity index (χ4v) is 4.70. The highest BCUT2D eigenvalue weighted by Crippen LogP contribution is 2.25. The van der Waals surface area contributed by atoms with Crippen LogP contribution in [0.25, 0.3) is 0 Å². The monoisotopic (exact) mass is 436 g/mol. The molecule has 3 aromatic carbocycles. The highest BCUT2D eigenvalue weighted by Gasteiger charge is 2.30. The van der Waals surface area contributed by atoms with Gasteiger partial charge in [-0.25, -0.2) is 8.42 Å². The third-order valence-corrected chi connectivity index (χ3v) is 6.45. The zero-order chi connectivity index (χ0) is 22.6. The predicted molar refractivity (Wildman–Crippen MR) is 126 cm³/mol. The lowest BCUT2D eigenvalue weighted by Crippen LogP contribution is -2.48. The minimum Gasteiger partial charge on any atom is -0.343 e. The summed E-state index contributed by atoms with van der Waals surface area (Å²) in [7, 11) is -3.67. The molecule has 3 aromatic rings. The molecule has 0 saturated heterocycles. The molecule has 0 aliphatic carbocycles. The van der Waals surface area contributed by atoms with Gasteiger partial charge in [-0.15, -0.1) is 0 Å². The maximum absolute atomic E-state index is 13.3. The number of sulfonamides is 1. The molecule has 0 unspecified atom stereocenters. The van der Waals surface area contributed by atoms with Gasteiger partial charge in [0.2, 0.25) is 15.9 Å². The summed E-state index contributed by atoms with van der Waals surface area (Å²) in [5.74, 6) is -0.375. The predicted octanol–water partition coefficient (Wildman–Crippen LogP) is 4.36. The van der Waals surface area contributed by atoms with Crippen molar-refractivity contribution in [1.82, 2.24) is 5.32 Å². The zero-order valence-corrected chi connectivity index (χ0v) is 19.1. The van der Waals surface area contributed by atoms with Crippen LogP contribution in [0.4, 0.5) is 5.69 Å². The highest BCUT2D eigenvalue weighted by molar-refractivity contribution is 7.92. The number of carbonyl (C=O) groups excluding carboxylic acids is 1. The van der Waals surface area contributed by atoms with Crippen LogP contribution < -0.4 is 9.62 Å². The Hall–Kier alpha value is -3.12. The van der Waals surface area contributed by atoms with Gasteiger partial charge < -0.3 is 5.32 Å². The topological polar surface area (TPSA) is 66.5 Å². The van der Waals surface area contributed by atoms with Crippen LogP contribution in [0.2, 0.25) is 0 Å². The molecule has 5 nitrogen and oxygen atoms in total. The number of carbonyl (C=O) groups is 1. The molecule has 6 heteroatoms. The molecule has 0 heterocycles. The minimum absolute atomic E-state index is 0.375. The van der Waals surface area contributed by atoms with Crippen LogP contribution in [0.5, 0.6) is 0 Å². The SMILES string of the molecule is Cc1ccc([C@H](NC(=O)[C@H](C)N(c2ccc(C)cc2)S(C)(=O)=O)c2ccccc2)cc1. The number of hydrogen-bond donors (Lipinski definition) is 1. The first-order valence-electron chi connectivity index (χ1n) is 10.1. The standard InChI is InChI=1S/C25H28N2O3S/c1-18-10-14-22(15-11-18)24(21-8-6-5-7-9-21)26-25(28)20(3)27(31(4,29)30)23-16-12-19(2)13-17-23/h5-17,20,24H,1-4H3,(H,26,28)/t20-,24+/m0/s1. The quantitative estimate of drug-likeness (QED) is 0.598. The Morgan fingerprint density at radius 1 is 0.806 bits per heavy atom. The molecule has 0 aliphatic heterocycles. The summed E-state index contributed by atoms with van der Waals surface area (Å²) < 4.78 is 26.3. The van der Waals surface area contributed by atoms with E-state index in [-0.39, 0.29) is 5.91 Å². The van der Waals surface area contributed by atoms with E-state index in [1.807, 2.05) is 80.6 Å². The molecule has 0 fully saturated rings. The van der Waals surface area contributed by atoms with Gasteiger partial charge in [0.15, 0.2) is 0 Å². The first-order valence-corrected chi connectivity index (χ1v) is 12.0. The van der Waals surface area contributed by atoms with Crippen LogP contribution in [0.15, 0.2) is 78.9 Å². The largest absolute Gasteiger partial charge is 0.343 e. The summed E-state index contributed by atoms with van der Waals surface area (Å²) in [6.07, 6.45) is 1.12. The maximum atomic E-state index is 13.3. The number of amides is 1. The second-order valence-corrected chi connectivity index (χ2v) is 9.69. The molecule has 0 bridgehead atoms. The number of nitrogens with one attached hydrogen (secondary N) is 1. The van der Waals surface area contributed by atoms with Gasteiger partial charge in [0.1, 0.15) is 6.04 Å². The van der Waals surface area contributed by atoms with E-state index in [1.54, 1.807) is 19.1 Å². The van der Waals surface area contributed by atoms with E-state index in [0.29, 0.717) is 5.69 Å². The number of benzene rings is 3. The Labute approximate surface area is 184 Å². The Morgan fingerprint density at radius 3 is 1.81 bits per heavy atom. The third-order valence-electron chi connectivity index (χ3n) is 5.21. The number of aryl methyl sites for hydroxylation is 2. The minimum atomic E-state index is -3.67. The summed E-state index contributed by atoms with van der Waals surface area (Å²) in [4.78, 5) is 13.3. The van der Waals surface area contributed by atoms with Crippen molar-refractivity contribution >= 4 is 21.6 Å². The zero-order valence-electron chi connectivity index (χ0n) is 18.2. The van der Waals surface area contributed by atoms with Crippen LogP contribution in [0.1, 0.15) is 35.2 Å². The molecule has 1 N–H and O–H groups in total. The normalized spacial score (nSPS) is 13.3. The summed E-state index contributed by atoms with van der Waals surface area (Å²) in [5.41, 5.74) is 4.45. The Kier molecular flexibility index (Phi) is 6.81. The van der Waals surface area contributed by atoms with Crippen molar-refractivity contribution in [3.05, 3.63) is 101 Å². The van der Waals surface area contributed by atoms with Gasteiger partial charge >= 0.3 is 0 Å². The van der Waals surface area contributed by atoms with Crippen LogP contribution in [0, 0.1) is 13.8 Å². The van der Waals surface area contributed by atoms with Crippen molar-refractivity contribution in [1.29, 1.82) is 0 Å². The van der Waals surface area contributed by atoms with Crippen LogP contribution >= 0.6 is 0 Å². The van der Waals surface area contributed by atoms with Crippen LogP contribution in [0.3, 0.4) is 0 Å². The Bertz CT molecular complexity index is 1130. The van der Waals surface area contributed by atoms with E-state index in [2.05, 4.69) is 5.32 Å². The Morgan fingerprint density at radius 2 is 1.29 bits per heavy atom. The lowest BCUT2D eigenvalue weighted by Gasteiger charge is -2.30. The van der Waals surface area contributed by atoms with E-state index >= 15 is 0 Å².